The van der Waals surface area contributed by atoms with Crippen molar-refractivity contribution in [3.8, 4) is 16.9 Å². The molecule has 4 aliphatic rings. The van der Waals surface area contributed by atoms with Crippen LogP contribution >= 0.6 is 0 Å². The van der Waals surface area contributed by atoms with Gasteiger partial charge in [-0.2, -0.15) is 5.06 Å². The minimum absolute atomic E-state index is 0.0497. The van der Waals surface area contributed by atoms with Gasteiger partial charge in [0.25, 0.3) is 0 Å². The first-order valence-corrected chi connectivity index (χ1v) is 15.9. The molecule has 1 heterocycles. The lowest BCUT2D eigenvalue weighted by molar-refractivity contribution is -0.174. The van der Waals surface area contributed by atoms with Gasteiger partial charge < -0.3 is 31.1 Å². The van der Waals surface area contributed by atoms with Crippen LogP contribution in [0.4, 0.5) is 5.69 Å². The van der Waals surface area contributed by atoms with Gasteiger partial charge in [-0.1, -0.05) is 50.6 Å². The van der Waals surface area contributed by atoms with Crippen LogP contribution in [0.3, 0.4) is 0 Å². The highest BCUT2D eigenvalue weighted by atomic mass is 16.7. The first-order chi connectivity index (χ1) is 20.9. The molecule has 2 aromatic carbocycles. The number of amides is 1. The minimum Gasteiger partial charge on any atom is -0.496 e. The summed E-state index contributed by atoms with van der Waals surface area (Å²) in [7, 11) is 7.68. The van der Waals surface area contributed by atoms with E-state index in [1.807, 2.05) is 33.3 Å². The number of ether oxygens (including phenoxy) is 1. The number of nitrogens with one attached hydrogen (secondary N) is 2. The maximum atomic E-state index is 14.1. The topological polar surface area (TPSA) is 112 Å². The summed E-state index contributed by atoms with van der Waals surface area (Å²) in [6, 6.07) is 11.8. The zero-order valence-electron chi connectivity index (χ0n) is 27.6. The minimum atomic E-state index is -0.786. The molecule has 1 saturated carbocycles. The molecular weight excluding hydrogens is 554 g/mol. The largest absolute Gasteiger partial charge is 0.496 e. The average molecular weight is 606 g/mol. The number of hydroxylamine groups is 2. The van der Waals surface area contributed by atoms with Gasteiger partial charge in [-0.25, -0.2) is 0 Å². The molecule has 9 nitrogen and oxygen atoms in total. The van der Waals surface area contributed by atoms with Crippen LogP contribution < -0.4 is 26.0 Å². The molecule has 2 bridgehead atoms. The summed E-state index contributed by atoms with van der Waals surface area (Å²) in [6.07, 6.45) is 2.08. The van der Waals surface area contributed by atoms with Gasteiger partial charge in [-0.05, 0) is 67.0 Å². The van der Waals surface area contributed by atoms with Crippen LogP contribution in [0.25, 0.3) is 11.1 Å². The Hall–Kier alpha value is -2.95. The van der Waals surface area contributed by atoms with Crippen molar-refractivity contribution in [2.75, 3.05) is 39.7 Å². The molecule has 44 heavy (non-hydrogen) atoms. The van der Waals surface area contributed by atoms with E-state index in [4.69, 9.17) is 15.3 Å². The summed E-state index contributed by atoms with van der Waals surface area (Å²) >= 11 is 0. The Morgan fingerprint density at radius 3 is 2.61 bits per heavy atom. The number of aliphatic hydroxyl groups excluding tert-OH is 1. The van der Waals surface area contributed by atoms with Crippen LogP contribution in [0, 0.1) is 23.2 Å². The summed E-state index contributed by atoms with van der Waals surface area (Å²) in [4.78, 5) is 22.6. The van der Waals surface area contributed by atoms with Crippen molar-refractivity contribution in [3.05, 3.63) is 59.2 Å². The number of fused-ring (bicyclic) bond motifs is 2. The molecule has 0 spiro atoms. The van der Waals surface area contributed by atoms with Gasteiger partial charge in [0.05, 0.1) is 31.9 Å². The van der Waals surface area contributed by atoms with E-state index in [0.29, 0.717) is 18.4 Å². The maximum absolute atomic E-state index is 14.1. The number of rotatable bonds is 11. The molecule has 2 aromatic rings. The molecule has 0 radical (unpaired) electrons. The summed E-state index contributed by atoms with van der Waals surface area (Å²) in [5.41, 5.74) is 12.9. The van der Waals surface area contributed by atoms with E-state index in [1.165, 1.54) is 11.1 Å². The standard InChI is InChI=1S/C35H51N5O4/c1-20-28-15-25(35(28,3)4)16-29(20)38-34(42)32-31(21(2)41)30(17-36)44-40(32)19-23-10-9-11-27(33(23)43-8)24-12-22(18-37-5)13-26(14-24)39(6)7/h9-14,16,20-21,28-32,37,41H,15,17-19,36H2,1-8H3,(H,38,42)/t20-,21-,28-,29-,30-,31+,32-/m0/s1. The summed E-state index contributed by atoms with van der Waals surface area (Å²) in [5.74, 6) is 0.955. The lowest BCUT2D eigenvalue weighted by atomic mass is 9.50. The maximum Gasteiger partial charge on any atom is 0.240 e. The lowest BCUT2D eigenvalue weighted by Gasteiger charge is -2.56. The normalized spacial score (nSPS) is 28.2. The Bertz CT molecular complexity index is 1390. The third-order valence-corrected chi connectivity index (χ3v) is 10.3. The molecule has 1 saturated heterocycles. The van der Waals surface area contributed by atoms with Crippen molar-refractivity contribution in [2.45, 2.75) is 71.5 Å². The second kappa shape index (κ2) is 12.8. The van der Waals surface area contributed by atoms with E-state index >= 15 is 0 Å². The van der Waals surface area contributed by atoms with Crippen molar-refractivity contribution < 1.29 is 19.5 Å². The molecule has 5 N–H and O–H groups in total. The number of carbonyl (C=O) groups is 1. The zero-order valence-corrected chi connectivity index (χ0v) is 27.6. The Morgan fingerprint density at radius 2 is 2.02 bits per heavy atom. The molecule has 240 valence electrons. The summed E-state index contributed by atoms with van der Waals surface area (Å²) in [5, 5.41) is 19.2. The van der Waals surface area contributed by atoms with Crippen LogP contribution in [0.1, 0.15) is 45.2 Å². The molecule has 0 unspecified atom stereocenters. The van der Waals surface area contributed by atoms with Crippen LogP contribution in [-0.4, -0.2) is 75.2 Å². The van der Waals surface area contributed by atoms with Crippen LogP contribution in [0.15, 0.2) is 48.0 Å². The summed E-state index contributed by atoms with van der Waals surface area (Å²) in [6.45, 7) is 9.76. The van der Waals surface area contributed by atoms with E-state index in [2.05, 4.69) is 66.6 Å². The molecule has 1 amide bonds. The van der Waals surface area contributed by atoms with Gasteiger partial charge >= 0.3 is 0 Å². The van der Waals surface area contributed by atoms with Crippen LogP contribution in [0.5, 0.6) is 5.75 Å². The second-order valence-electron chi connectivity index (χ2n) is 13.6. The van der Waals surface area contributed by atoms with Gasteiger partial charge in [0.2, 0.25) is 5.91 Å². The number of hydrogen-bond donors (Lipinski definition) is 4. The molecule has 0 aromatic heterocycles. The highest BCUT2D eigenvalue weighted by Gasteiger charge is 2.53. The van der Waals surface area contributed by atoms with E-state index in [1.54, 1.807) is 19.1 Å². The van der Waals surface area contributed by atoms with Crippen LogP contribution in [0.2, 0.25) is 0 Å². The number of allylic oxidation sites excluding steroid dienone is 1. The highest BCUT2D eigenvalue weighted by molar-refractivity contribution is 5.83. The van der Waals surface area contributed by atoms with E-state index in [9.17, 15) is 9.90 Å². The summed E-state index contributed by atoms with van der Waals surface area (Å²) < 4.78 is 6.04. The average Bonchev–Trinajstić information content (AvgIpc) is 3.36. The highest BCUT2D eigenvalue weighted by Crippen LogP contribution is 2.58. The lowest BCUT2D eigenvalue weighted by Crippen LogP contribution is -2.57. The van der Waals surface area contributed by atoms with Crippen LogP contribution in [-0.2, 0) is 22.7 Å². The Morgan fingerprint density at radius 1 is 1.27 bits per heavy atom. The fourth-order valence-electron chi connectivity index (χ4n) is 7.69. The number of para-hydroxylation sites is 1. The third-order valence-electron chi connectivity index (χ3n) is 10.3. The molecule has 3 aliphatic carbocycles. The number of nitrogens with zero attached hydrogens (tertiary/aromatic N) is 2. The van der Waals surface area contributed by atoms with E-state index in [-0.39, 0.29) is 23.9 Å². The van der Waals surface area contributed by atoms with Gasteiger partial charge in [0.15, 0.2) is 0 Å². The molecule has 6 rings (SSSR count). The predicted octanol–water partition coefficient (Wildman–Crippen LogP) is 3.69. The number of aliphatic hydroxyl groups is 1. The smallest absolute Gasteiger partial charge is 0.240 e. The van der Waals surface area contributed by atoms with Crippen molar-refractivity contribution in [3.63, 3.8) is 0 Å². The fraction of sp³-hybridized carbons (Fsp3) is 0.571. The van der Waals surface area contributed by atoms with Gasteiger partial charge in [-0.15, -0.1) is 0 Å². The number of hydrogen-bond acceptors (Lipinski definition) is 8. The number of nitrogens with two attached hydrogens (primary N) is 1. The Kier molecular flexibility index (Phi) is 9.44. The molecular formula is C35H51N5O4. The third kappa shape index (κ3) is 5.88. The number of methoxy groups -OCH3 is 1. The number of carbonyl (C=O) groups excluding carboxylic acids is 1. The predicted molar refractivity (Wildman–Crippen MR) is 175 cm³/mol. The Balaban J connectivity index is 1.47. The van der Waals surface area contributed by atoms with E-state index in [0.717, 1.165) is 41.1 Å². The van der Waals surface area contributed by atoms with Crippen molar-refractivity contribution >= 4 is 11.6 Å². The van der Waals surface area contributed by atoms with Gasteiger partial charge in [-0.3, -0.25) is 9.63 Å². The quantitative estimate of drug-likeness (QED) is 0.287. The SMILES string of the molecule is CNCc1cc(-c2cccc(CN3O[C@@H](CN)[C@@H]([C@H](C)O)[C@H]3C(=O)N[C@H]3C=C4C[C@@H]([C@@H]3C)C4(C)C)c2OC)cc(N(C)C)c1. The first kappa shape index (κ1) is 32.4. The van der Waals surface area contributed by atoms with Crippen molar-refractivity contribution in [1.82, 2.24) is 15.7 Å². The monoisotopic (exact) mass is 605 g/mol. The molecule has 2 fully saturated rings. The molecule has 1 aliphatic heterocycles. The number of benzene rings is 2. The zero-order chi connectivity index (χ0) is 31.9. The fourth-order valence-corrected chi connectivity index (χ4v) is 7.69. The molecule has 7 atom stereocenters. The molecule has 9 heteroatoms. The Labute approximate surface area is 262 Å². The van der Waals surface area contributed by atoms with E-state index < -0.39 is 24.2 Å². The van der Waals surface area contributed by atoms with Gasteiger partial charge in [0.1, 0.15) is 11.8 Å². The van der Waals surface area contributed by atoms with Gasteiger partial charge in [0, 0.05) is 49.9 Å². The first-order valence-electron chi connectivity index (χ1n) is 15.9. The second-order valence-corrected chi connectivity index (χ2v) is 13.6. The number of anilines is 1. The van der Waals surface area contributed by atoms with Crippen molar-refractivity contribution in [2.24, 2.45) is 28.9 Å². The van der Waals surface area contributed by atoms with Crippen molar-refractivity contribution in [1.29, 1.82) is 0 Å².